The molecule has 2 rings (SSSR count). The average molecular weight is 238 g/mol. The zero-order valence-corrected chi connectivity index (χ0v) is 10.1. The summed E-state index contributed by atoms with van der Waals surface area (Å²) in [5, 5.41) is 0.536. The van der Waals surface area contributed by atoms with Crippen molar-refractivity contribution in [3.8, 4) is 0 Å². The highest BCUT2D eigenvalue weighted by Gasteiger charge is 2.47. The number of aromatic amines is 1. The summed E-state index contributed by atoms with van der Waals surface area (Å²) in [6.45, 7) is 4.33. The first-order valence-electron chi connectivity index (χ1n) is 5.49. The van der Waals surface area contributed by atoms with Crippen LogP contribution in [-0.2, 0) is 5.92 Å². The molecular formula is C13H16F2N2. The van der Waals surface area contributed by atoms with Crippen molar-refractivity contribution < 1.29 is 8.78 Å². The molecule has 92 valence electrons. The molecule has 0 saturated carbocycles. The number of aromatic nitrogens is 1. The largest absolute Gasteiger partial charge is 0.358 e. The third-order valence-corrected chi connectivity index (χ3v) is 3.02. The van der Waals surface area contributed by atoms with Crippen LogP contribution < -0.4 is 5.73 Å². The van der Waals surface area contributed by atoms with Crippen molar-refractivity contribution in [1.29, 1.82) is 0 Å². The van der Waals surface area contributed by atoms with E-state index in [0.29, 0.717) is 16.6 Å². The topological polar surface area (TPSA) is 41.8 Å². The van der Waals surface area contributed by atoms with Crippen molar-refractivity contribution in [3.63, 3.8) is 0 Å². The van der Waals surface area contributed by atoms with E-state index in [1.807, 2.05) is 6.07 Å². The average Bonchev–Trinajstić information content (AvgIpc) is 2.51. The van der Waals surface area contributed by atoms with Crippen molar-refractivity contribution in [3.05, 3.63) is 35.5 Å². The van der Waals surface area contributed by atoms with Gasteiger partial charge in [0.2, 0.25) is 0 Å². The quantitative estimate of drug-likeness (QED) is 0.828. The third-order valence-electron chi connectivity index (χ3n) is 3.02. The highest BCUT2D eigenvalue weighted by Crippen LogP contribution is 2.42. The van der Waals surface area contributed by atoms with E-state index in [4.69, 9.17) is 5.73 Å². The van der Waals surface area contributed by atoms with Crippen LogP contribution in [0.2, 0.25) is 0 Å². The molecule has 0 aliphatic carbocycles. The molecule has 1 heterocycles. The highest BCUT2D eigenvalue weighted by atomic mass is 19.3. The smallest absolute Gasteiger partial charge is 0.292 e. The summed E-state index contributed by atoms with van der Waals surface area (Å²) in [5.41, 5.74) is 5.19. The Balaban J connectivity index is 2.75. The Kier molecular flexibility index (Phi) is 2.51. The van der Waals surface area contributed by atoms with E-state index >= 15 is 0 Å². The van der Waals surface area contributed by atoms with Crippen LogP contribution in [0.5, 0.6) is 0 Å². The monoisotopic (exact) mass is 238 g/mol. The predicted octanol–water partition coefficient (Wildman–Crippen LogP) is 3.31. The minimum atomic E-state index is -3.07. The SMILES string of the molecule is Cc1[nH]c2ccccc2c1C(F)(F)C(C)(C)N. The van der Waals surface area contributed by atoms with Gasteiger partial charge in [-0.25, -0.2) is 0 Å². The Bertz CT molecular complexity index is 550. The predicted molar refractivity (Wildman–Crippen MR) is 65.2 cm³/mol. The number of rotatable bonds is 2. The summed E-state index contributed by atoms with van der Waals surface area (Å²) in [7, 11) is 0. The van der Waals surface area contributed by atoms with Crippen molar-refractivity contribution in [2.24, 2.45) is 5.73 Å². The van der Waals surface area contributed by atoms with Gasteiger partial charge in [-0.1, -0.05) is 18.2 Å². The summed E-state index contributed by atoms with van der Waals surface area (Å²) in [6.07, 6.45) is 0. The molecule has 17 heavy (non-hydrogen) atoms. The number of hydrogen-bond donors (Lipinski definition) is 2. The zero-order valence-electron chi connectivity index (χ0n) is 10.1. The normalized spacial score (nSPS) is 13.3. The lowest BCUT2D eigenvalue weighted by atomic mass is 9.89. The van der Waals surface area contributed by atoms with Crippen LogP contribution in [0.15, 0.2) is 24.3 Å². The lowest BCUT2D eigenvalue weighted by Crippen LogP contribution is -2.48. The van der Waals surface area contributed by atoms with Crippen LogP contribution >= 0.6 is 0 Å². The molecule has 0 radical (unpaired) electrons. The number of nitrogens with one attached hydrogen (secondary N) is 1. The number of H-pyrrole nitrogens is 1. The van der Waals surface area contributed by atoms with Gasteiger partial charge in [0.1, 0.15) is 0 Å². The molecule has 1 aromatic carbocycles. The van der Waals surface area contributed by atoms with Crippen LogP contribution in [0, 0.1) is 6.92 Å². The fourth-order valence-corrected chi connectivity index (χ4v) is 2.00. The first kappa shape index (κ1) is 12.0. The maximum absolute atomic E-state index is 14.3. The van der Waals surface area contributed by atoms with Gasteiger partial charge in [0.15, 0.2) is 0 Å². The van der Waals surface area contributed by atoms with Gasteiger partial charge in [0, 0.05) is 16.6 Å². The highest BCUT2D eigenvalue weighted by molar-refractivity contribution is 5.85. The zero-order chi connectivity index (χ0) is 12.8. The molecule has 3 N–H and O–H groups in total. The second-order valence-corrected chi connectivity index (χ2v) is 4.97. The second kappa shape index (κ2) is 3.53. The standard InChI is InChI=1S/C13H16F2N2/c1-8-11(13(14,15)12(2,3)16)9-6-4-5-7-10(9)17-8/h4-7,17H,16H2,1-3H3. The van der Waals surface area contributed by atoms with Crippen LogP contribution in [0.4, 0.5) is 8.78 Å². The number of benzene rings is 1. The minimum Gasteiger partial charge on any atom is -0.358 e. The van der Waals surface area contributed by atoms with E-state index in [-0.39, 0.29) is 5.56 Å². The molecule has 2 nitrogen and oxygen atoms in total. The van der Waals surface area contributed by atoms with Crippen LogP contribution in [0.1, 0.15) is 25.1 Å². The van der Waals surface area contributed by atoms with Gasteiger partial charge in [-0.3, -0.25) is 0 Å². The van der Waals surface area contributed by atoms with Crippen LogP contribution in [0.3, 0.4) is 0 Å². The first-order valence-corrected chi connectivity index (χ1v) is 5.49. The maximum atomic E-state index is 14.3. The Morgan fingerprint density at radius 1 is 1.18 bits per heavy atom. The summed E-state index contributed by atoms with van der Waals surface area (Å²) < 4.78 is 28.7. The van der Waals surface area contributed by atoms with Crippen molar-refractivity contribution in [2.45, 2.75) is 32.2 Å². The first-order chi connectivity index (χ1) is 7.75. The molecule has 0 amide bonds. The van der Waals surface area contributed by atoms with Crippen LogP contribution in [0.25, 0.3) is 10.9 Å². The van der Waals surface area contributed by atoms with E-state index in [9.17, 15) is 8.78 Å². The molecule has 0 unspecified atom stereocenters. The summed E-state index contributed by atoms with van der Waals surface area (Å²) in [6, 6.07) is 7.03. The number of fused-ring (bicyclic) bond motifs is 1. The fraction of sp³-hybridized carbons (Fsp3) is 0.385. The fourth-order valence-electron chi connectivity index (χ4n) is 2.00. The molecule has 0 spiro atoms. The van der Waals surface area contributed by atoms with Crippen molar-refractivity contribution >= 4 is 10.9 Å². The molecule has 0 aliphatic heterocycles. The minimum absolute atomic E-state index is 0.000556. The number of halogens is 2. The van der Waals surface area contributed by atoms with Crippen LogP contribution in [-0.4, -0.2) is 10.5 Å². The van der Waals surface area contributed by atoms with Crippen molar-refractivity contribution in [1.82, 2.24) is 4.98 Å². The second-order valence-electron chi connectivity index (χ2n) is 4.97. The number of aryl methyl sites for hydroxylation is 1. The summed E-state index contributed by atoms with van der Waals surface area (Å²) >= 11 is 0. The van der Waals surface area contributed by atoms with E-state index < -0.39 is 11.5 Å². The third kappa shape index (κ3) is 1.72. The lowest BCUT2D eigenvalue weighted by Gasteiger charge is -2.30. The Hall–Kier alpha value is -1.42. The Morgan fingerprint density at radius 2 is 1.76 bits per heavy atom. The van der Waals surface area contributed by atoms with Gasteiger partial charge in [0.25, 0.3) is 5.92 Å². The molecule has 4 heteroatoms. The molecule has 0 saturated heterocycles. The Labute approximate surface area is 98.8 Å². The van der Waals surface area contributed by atoms with Gasteiger partial charge in [-0.05, 0) is 26.8 Å². The van der Waals surface area contributed by atoms with Gasteiger partial charge >= 0.3 is 0 Å². The molecule has 2 aromatic rings. The summed E-state index contributed by atoms with van der Waals surface area (Å²) in [5.74, 6) is -3.07. The molecule has 0 fully saturated rings. The molecule has 1 aromatic heterocycles. The van der Waals surface area contributed by atoms with Gasteiger partial charge < -0.3 is 10.7 Å². The number of nitrogens with two attached hydrogens (primary N) is 1. The van der Waals surface area contributed by atoms with Crippen molar-refractivity contribution in [2.75, 3.05) is 0 Å². The lowest BCUT2D eigenvalue weighted by molar-refractivity contribution is -0.0664. The molecular weight excluding hydrogens is 222 g/mol. The van der Waals surface area contributed by atoms with Gasteiger partial charge in [-0.15, -0.1) is 0 Å². The van der Waals surface area contributed by atoms with E-state index in [1.165, 1.54) is 13.8 Å². The van der Waals surface area contributed by atoms with Gasteiger partial charge in [-0.2, -0.15) is 8.78 Å². The number of para-hydroxylation sites is 1. The van der Waals surface area contributed by atoms with Gasteiger partial charge in [0.05, 0.1) is 11.1 Å². The molecule has 0 bridgehead atoms. The number of hydrogen-bond acceptors (Lipinski definition) is 1. The molecule has 0 atom stereocenters. The Morgan fingerprint density at radius 3 is 2.35 bits per heavy atom. The van der Waals surface area contributed by atoms with E-state index in [2.05, 4.69) is 4.98 Å². The molecule has 0 aliphatic rings. The summed E-state index contributed by atoms with van der Waals surface area (Å²) in [4.78, 5) is 2.97. The van der Waals surface area contributed by atoms with E-state index in [0.717, 1.165) is 0 Å². The van der Waals surface area contributed by atoms with E-state index in [1.54, 1.807) is 25.1 Å². The maximum Gasteiger partial charge on any atom is 0.292 e. The number of alkyl halides is 2.